The summed E-state index contributed by atoms with van der Waals surface area (Å²) in [4.78, 5) is 16.4. The van der Waals surface area contributed by atoms with Crippen molar-refractivity contribution in [1.82, 2.24) is 4.98 Å². The first-order valence-corrected chi connectivity index (χ1v) is 7.78. The van der Waals surface area contributed by atoms with E-state index in [2.05, 4.69) is 26.2 Å². The average Bonchev–Trinajstić information content (AvgIpc) is 2.95. The van der Waals surface area contributed by atoms with Crippen LogP contribution >= 0.6 is 38.6 Å². The Bertz CT molecular complexity index is 815. The average molecular weight is 375 g/mol. The maximum Gasteiger partial charge on any atom is 0.267 e. The van der Waals surface area contributed by atoms with Gasteiger partial charge in [-0.25, -0.2) is 13.8 Å². The number of nitrogens with one attached hydrogen (secondary N) is 1. The number of rotatable bonds is 2. The maximum absolute atomic E-state index is 13.5. The maximum atomic E-state index is 13.5. The van der Waals surface area contributed by atoms with Gasteiger partial charge in [0.25, 0.3) is 5.91 Å². The van der Waals surface area contributed by atoms with E-state index in [0.717, 1.165) is 21.2 Å². The number of thiophene rings is 1. The Morgan fingerprint density at radius 3 is 2.75 bits per heavy atom. The second-order valence-electron chi connectivity index (χ2n) is 3.81. The van der Waals surface area contributed by atoms with E-state index in [1.54, 1.807) is 12.1 Å². The fourth-order valence-corrected chi connectivity index (χ4v) is 3.79. The highest BCUT2D eigenvalue weighted by Crippen LogP contribution is 2.29. The van der Waals surface area contributed by atoms with Gasteiger partial charge in [-0.05, 0) is 34.1 Å². The number of hydrogen-bond acceptors (Lipinski definition) is 4. The number of fused-ring (bicyclic) bond motifs is 1. The molecule has 0 fully saturated rings. The first-order chi connectivity index (χ1) is 9.52. The van der Waals surface area contributed by atoms with Gasteiger partial charge in [0, 0.05) is 6.07 Å². The fourth-order valence-electron chi connectivity index (χ4n) is 1.61. The molecule has 3 nitrogen and oxygen atoms in total. The van der Waals surface area contributed by atoms with Crippen molar-refractivity contribution in [2.75, 3.05) is 5.32 Å². The van der Waals surface area contributed by atoms with E-state index >= 15 is 0 Å². The Hall–Kier alpha value is -1.38. The lowest BCUT2D eigenvalue weighted by atomic mass is 10.3. The summed E-state index contributed by atoms with van der Waals surface area (Å²) >= 11 is 5.57. The molecule has 1 amide bonds. The number of thiazole rings is 1. The smallest absolute Gasteiger partial charge is 0.267 e. The highest BCUT2D eigenvalue weighted by atomic mass is 79.9. The van der Waals surface area contributed by atoms with Crippen molar-refractivity contribution >= 4 is 59.9 Å². The number of aromatic nitrogens is 1. The van der Waals surface area contributed by atoms with Gasteiger partial charge >= 0.3 is 0 Å². The predicted octanol–water partition coefficient (Wildman–Crippen LogP) is 4.65. The summed E-state index contributed by atoms with van der Waals surface area (Å²) in [6, 6.07) is 5.38. The monoisotopic (exact) mass is 374 g/mol. The molecule has 1 N–H and O–H groups in total. The Balaban J connectivity index is 1.91. The second-order valence-corrected chi connectivity index (χ2v) is 7.30. The summed E-state index contributed by atoms with van der Waals surface area (Å²) in [6.45, 7) is 0. The Morgan fingerprint density at radius 1 is 1.25 bits per heavy atom. The number of benzene rings is 1. The number of amides is 1. The molecule has 3 rings (SSSR count). The van der Waals surface area contributed by atoms with Gasteiger partial charge in [-0.2, -0.15) is 0 Å². The predicted molar refractivity (Wildman–Crippen MR) is 79.5 cm³/mol. The normalized spacial score (nSPS) is 10.9. The number of halogens is 3. The molecule has 8 heteroatoms. The van der Waals surface area contributed by atoms with Crippen LogP contribution in [0.3, 0.4) is 0 Å². The summed E-state index contributed by atoms with van der Waals surface area (Å²) in [5, 5.41) is 2.81. The van der Waals surface area contributed by atoms with Crippen LogP contribution in [0.25, 0.3) is 10.2 Å². The van der Waals surface area contributed by atoms with E-state index in [1.807, 2.05) is 0 Å². The van der Waals surface area contributed by atoms with Gasteiger partial charge < -0.3 is 0 Å². The molecule has 102 valence electrons. The van der Waals surface area contributed by atoms with Crippen LogP contribution < -0.4 is 5.32 Å². The molecule has 0 radical (unpaired) electrons. The minimum Gasteiger partial charge on any atom is -0.297 e. The number of anilines is 1. The minimum atomic E-state index is -0.740. The molecule has 0 saturated carbocycles. The molecule has 0 saturated heterocycles. The molecule has 0 atom stereocenters. The van der Waals surface area contributed by atoms with Gasteiger partial charge in [-0.1, -0.05) is 11.3 Å². The molecule has 0 unspecified atom stereocenters. The Kier molecular flexibility index (Phi) is 3.53. The molecule has 3 aromatic rings. The first kappa shape index (κ1) is 13.6. The van der Waals surface area contributed by atoms with Crippen LogP contribution in [0, 0.1) is 11.6 Å². The van der Waals surface area contributed by atoms with Crippen LogP contribution in [-0.4, -0.2) is 10.9 Å². The summed E-state index contributed by atoms with van der Waals surface area (Å²) in [5.41, 5.74) is 0.0547. The van der Waals surface area contributed by atoms with Gasteiger partial charge in [0.05, 0.1) is 13.4 Å². The van der Waals surface area contributed by atoms with Gasteiger partial charge in [0.2, 0.25) is 0 Å². The topological polar surface area (TPSA) is 42.0 Å². The molecule has 2 heterocycles. The lowest BCUT2D eigenvalue weighted by molar-refractivity contribution is 0.103. The van der Waals surface area contributed by atoms with Gasteiger partial charge in [0.15, 0.2) is 10.9 Å². The van der Waals surface area contributed by atoms with Crippen LogP contribution in [0.15, 0.2) is 28.1 Å². The third-order valence-electron chi connectivity index (χ3n) is 2.43. The van der Waals surface area contributed by atoms with Crippen LogP contribution in [0.1, 0.15) is 9.67 Å². The fraction of sp³-hybridized carbons (Fsp3) is 0. The van der Waals surface area contributed by atoms with Crippen LogP contribution in [-0.2, 0) is 0 Å². The highest BCUT2D eigenvalue weighted by Gasteiger charge is 2.14. The van der Waals surface area contributed by atoms with Crippen molar-refractivity contribution < 1.29 is 13.6 Å². The zero-order chi connectivity index (χ0) is 14.3. The van der Waals surface area contributed by atoms with E-state index in [-0.39, 0.29) is 16.6 Å². The van der Waals surface area contributed by atoms with Gasteiger partial charge in [-0.15, -0.1) is 11.3 Å². The zero-order valence-electron chi connectivity index (χ0n) is 9.62. The molecule has 2 aromatic heterocycles. The summed E-state index contributed by atoms with van der Waals surface area (Å²) in [6.07, 6.45) is 0. The Labute approximate surface area is 128 Å². The number of nitrogens with zero attached hydrogens (tertiary/aromatic N) is 1. The van der Waals surface area contributed by atoms with Crippen LogP contribution in [0.4, 0.5) is 13.9 Å². The summed E-state index contributed by atoms with van der Waals surface area (Å²) in [5.74, 6) is -1.74. The molecular formula is C12H5BrF2N2OS2. The number of carbonyl (C=O) groups excluding carboxylic acids is 1. The van der Waals surface area contributed by atoms with Crippen molar-refractivity contribution in [3.63, 3.8) is 0 Å². The van der Waals surface area contributed by atoms with E-state index < -0.39 is 11.6 Å². The van der Waals surface area contributed by atoms with Crippen LogP contribution in [0.2, 0.25) is 0 Å². The molecule has 0 aliphatic heterocycles. The first-order valence-electron chi connectivity index (χ1n) is 5.35. The molecule has 0 spiro atoms. The van der Waals surface area contributed by atoms with Crippen molar-refractivity contribution in [2.45, 2.75) is 0 Å². The van der Waals surface area contributed by atoms with E-state index in [1.165, 1.54) is 17.4 Å². The lowest BCUT2D eigenvalue weighted by Gasteiger charge is -1.96. The largest absolute Gasteiger partial charge is 0.297 e. The number of carbonyl (C=O) groups is 1. The van der Waals surface area contributed by atoms with Crippen molar-refractivity contribution in [2.24, 2.45) is 0 Å². The second kappa shape index (κ2) is 5.19. The van der Waals surface area contributed by atoms with Gasteiger partial charge in [-0.3, -0.25) is 10.1 Å². The lowest BCUT2D eigenvalue weighted by Crippen LogP contribution is -2.09. The molecule has 20 heavy (non-hydrogen) atoms. The minimum absolute atomic E-state index is 0.0547. The van der Waals surface area contributed by atoms with Crippen molar-refractivity contribution in [3.05, 3.63) is 44.6 Å². The van der Waals surface area contributed by atoms with Gasteiger partial charge in [0.1, 0.15) is 11.3 Å². The highest BCUT2D eigenvalue weighted by molar-refractivity contribution is 9.11. The molecule has 0 aliphatic carbocycles. The van der Waals surface area contributed by atoms with E-state index in [0.29, 0.717) is 9.58 Å². The summed E-state index contributed by atoms with van der Waals surface area (Å²) in [7, 11) is 0. The third kappa shape index (κ3) is 2.58. The van der Waals surface area contributed by atoms with E-state index in [4.69, 9.17) is 0 Å². The van der Waals surface area contributed by atoms with E-state index in [9.17, 15) is 13.6 Å². The van der Waals surface area contributed by atoms with Crippen LogP contribution in [0.5, 0.6) is 0 Å². The standard InChI is InChI=1S/C12H5BrF2N2OS2/c13-9-2-1-7(19-9)11(18)17-12-16-10-6(15)3-5(14)4-8(10)20-12/h1-4H,(H,16,17,18). The SMILES string of the molecule is O=C(Nc1nc2c(F)cc(F)cc2s1)c1ccc(Br)s1. The quantitative estimate of drug-likeness (QED) is 0.709. The summed E-state index contributed by atoms with van der Waals surface area (Å²) < 4.78 is 27.8. The molecule has 0 aliphatic rings. The zero-order valence-corrected chi connectivity index (χ0v) is 12.8. The Morgan fingerprint density at radius 2 is 2.05 bits per heavy atom. The molecule has 0 bridgehead atoms. The third-order valence-corrected chi connectivity index (χ3v) is 4.97. The van der Waals surface area contributed by atoms with Crippen molar-refractivity contribution in [3.8, 4) is 0 Å². The van der Waals surface area contributed by atoms with Crippen molar-refractivity contribution in [1.29, 1.82) is 0 Å². The molecule has 1 aromatic carbocycles. The number of hydrogen-bond donors (Lipinski definition) is 1. The molecular weight excluding hydrogens is 370 g/mol.